The number of ether oxygens (including phenoxy) is 1. The molecule has 3 atom stereocenters. The maximum atomic E-state index is 13.7. The monoisotopic (exact) mass is 408 g/mol. The van der Waals surface area contributed by atoms with Crippen molar-refractivity contribution >= 4 is 18.3 Å². The molecule has 2 aromatic carbocycles. The topological polar surface area (TPSA) is 50.4 Å². The standard InChI is InChI=1S/C21H22F2N2O2.ClH/c22-17-6-5-13(11-18(17)23)14-7-9-24-12-19(14)25-21(26)16-8-10-27-20-4-2-1-3-15(16)20;/h1-6,11,14,16,19,24H,7-10,12H2,(H,25,26);1H. The molecular weight excluding hydrogens is 386 g/mol. The fourth-order valence-electron chi connectivity index (χ4n) is 4.05. The smallest absolute Gasteiger partial charge is 0.228 e. The van der Waals surface area contributed by atoms with Gasteiger partial charge in [-0.25, -0.2) is 8.78 Å². The first-order chi connectivity index (χ1) is 13.1. The van der Waals surface area contributed by atoms with Crippen molar-refractivity contribution in [2.75, 3.05) is 19.7 Å². The van der Waals surface area contributed by atoms with Gasteiger partial charge in [-0.2, -0.15) is 0 Å². The van der Waals surface area contributed by atoms with Crippen LogP contribution in [0.5, 0.6) is 5.75 Å². The van der Waals surface area contributed by atoms with E-state index in [2.05, 4.69) is 10.6 Å². The number of hydrogen-bond donors (Lipinski definition) is 2. The van der Waals surface area contributed by atoms with Gasteiger partial charge in [0.25, 0.3) is 0 Å². The maximum absolute atomic E-state index is 13.7. The summed E-state index contributed by atoms with van der Waals surface area (Å²) in [6.45, 7) is 1.88. The van der Waals surface area contributed by atoms with Crippen LogP contribution >= 0.6 is 12.4 Å². The van der Waals surface area contributed by atoms with E-state index in [0.717, 1.165) is 30.3 Å². The third-order valence-corrected chi connectivity index (χ3v) is 5.46. The second-order valence-corrected chi connectivity index (χ2v) is 7.12. The van der Waals surface area contributed by atoms with E-state index in [1.807, 2.05) is 24.3 Å². The van der Waals surface area contributed by atoms with Crippen LogP contribution in [0.4, 0.5) is 8.78 Å². The van der Waals surface area contributed by atoms with Crippen LogP contribution in [0, 0.1) is 11.6 Å². The minimum atomic E-state index is -0.855. The summed E-state index contributed by atoms with van der Waals surface area (Å²) < 4.78 is 32.6. The summed E-state index contributed by atoms with van der Waals surface area (Å²) in [5.41, 5.74) is 1.61. The Morgan fingerprint density at radius 1 is 1.11 bits per heavy atom. The number of carbonyl (C=O) groups excluding carboxylic acids is 1. The van der Waals surface area contributed by atoms with Crippen molar-refractivity contribution in [2.24, 2.45) is 0 Å². The minimum Gasteiger partial charge on any atom is -0.493 e. The number of benzene rings is 2. The fourth-order valence-corrected chi connectivity index (χ4v) is 4.05. The highest BCUT2D eigenvalue weighted by atomic mass is 35.5. The van der Waals surface area contributed by atoms with E-state index in [-0.39, 0.29) is 36.2 Å². The highest BCUT2D eigenvalue weighted by Crippen LogP contribution is 2.34. The Labute approximate surface area is 169 Å². The lowest BCUT2D eigenvalue weighted by Crippen LogP contribution is -2.51. The molecule has 4 nitrogen and oxygen atoms in total. The first-order valence-corrected chi connectivity index (χ1v) is 9.31. The first-order valence-electron chi connectivity index (χ1n) is 9.31. The third-order valence-electron chi connectivity index (χ3n) is 5.46. The van der Waals surface area contributed by atoms with Crippen LogP contribution in [0.3, 0.4) is 0 Å². The molecule has 4 rings (SSSR count). The molecule has 2 aliphatic rings. The minimum absolute atomic E-state index is 0. The number of halogens is 3. The Morgan fingerprint density at radius 3 is 2.75 bits per heavy atom. The molecule has 2 aliphatic heterocycles. The number of fused-ring (bicyclic) bond motifs is 1. The number of nitrogens with one attached hydrogen (secondary N) is 2. The van der Waals surface area contributed by atoms with Crippen LogP contribution < -0.4 is 15.4 Å². The van der Waals surface area contributed by atoms with Crippen LogP contribution in [0.2, 0.25) is 0 Å². The molecular formula is C21H23ClF2N2O2. The zero-order chi connectivity index (χ0) is 18.8. The molecule has 0 saturated carbocycles. The Morgan fingerprint density at radius 2 is 1.93 bits per heavy atom. The van der Waals surface area contributed by atoms with Gasteiger partial charge in [-0.1, -0.05) is 24.3 Å². The van der Waals surface area contributed by atoms with E-state index < -0.39 is 11.6 Å². The first kappa shape index (κ1) is 20.6. The van der Waals surface area contributed by atoms with E-state index in [9.17, 15) is 13.6 Å². The molecule has 3 unspecified atom stereocenters. The summed E-state index contributed by atoms with van der Waals surface area (Å²) in [6, 6.07) is 11.4. The third kappa shape index (κ3) is 4.13. The molecule has 28 heavy (non-hydrogen) atoms. The molecule has 2 heterocycles. The van der Waals surface area contributed by atoms with Gasteiger partial charge in [0.2, 0.25) is 5.91 Å². The Hall–Kier alpha value is -2.18. The molecule has 150 valence electrons. The lowest BCUT2D eigenvalue weighted by molar-refractivity contribution is -0.124. The summed E-state index contributed by atoms with van der Waals surface area (Å²) in [7, 11) is 0. The number of carbonyl (C=O) groups is 1. The maximum Gasteiger partial charge on any atom is 0.228 e. The zero-order valence-electron chi connectivity index (χ0n) is 15.3. The summed E-state index contributed by atoms with van der Waals surface area (Å²) in [6.07, 6.45) is 1.37. The highest BCUT2D eigenvalue weighted by molar-refractivity contribution is 5.85. The van der Waals surface area contributed by atoms with Gasteiger partial charge in [-0.3, -0.25) is 4.79 Å². The molecule has 2 N–H and O–H groups in total. The molecule has 1 fully saturated rings. The van der Waals surface area contributed by atoms with Crippen molar-refractivity contribution in [3.63, 3.8) is 0 Å². The number of hydrogen-bond acceptors (Lipinski definition) is 3. The average molecular weight is 409 g/mol. The van der Waals surface area contributed by atoms with E-state index in [1.54, 1.807) is 6.07 Å². The van der Waals surface area contributed by atoms with Crippen LogP contribution in [-0.2, 0) is 4.79 Å². The fraction of sp³-hybridized carbons (Fsp3) is 0.381. The van der Waals surface area contributed by atoms with Gasteiger partial charge in [0.05, 0.1) is 12.5 Å². The quantitative estimate of drug-likeness (QED) is 0.817. The summed E-state index contributed by atoms with van der Waals surface area (Å²) in [5, 5.41) is 6.42. The van der Waals surface area contributed by atoms with Crippen LogP contribution in [0.15, 0.2) is 42.5 Å². The van der Waals surface area contributed by atoms with Crippen molar-refractivity contribution in [2.45, 2.75) is 30.7 Å². The second-order valence-electron chi connectivity index (χ2n) is 7.12. The average Bonchev–Trinajstić information content (AvgIpc) is 2.70. The van der Waals surface area contributed by atoms with Crippen molar-refractivity contribution in [1.82, 2.24) is 10.6 Å². The van der Waals surface area contributed by atoms with E-state index in [1.165, 1.54) is 6.07 Å². The van der Waals surface area contributed by atoms with Gasteiger partial charge in [0, 0.05) is 24.1 Å². The Bertz CT molecular complexity index is 849. The van der Waals surface area contributed by atoms with Crippen molar-refractivity contribution in [3.8, 4) is 5.75 Å². The van der Waals surface area contributed by atoms with Crippen molar-refractivity contribution in [1.29, 1.82) is 0 Å². The number of rotatable bonds is 3. The van der Waals surface area contributed by atoms with Crippen molar-refractivity contribution < 1.29 is 18.3 Å². The molecule has 0 spiro atoms. The molecule has 1 saturated heterocycles. The lowest BCUT2D eigenvalue weighted by Gasteiger charge is -2.35. The molecule has 0 aromatic heterocycles. The molecule has 1 amide bonds. The predicted octanol–water partition coefficient (Wildman–Crippen LogP) is 3.51. The Kier molecular flexibility index (Phi) is 6.52. The van der Waals surface area contributed by atoms with Crippen molar-refractivity contribution in [3.05, 3.63) is 65.2 Å². The normalized spacial score (nSPS) is 23.7. The Balaban J connectivity index is 0.00000225. The summed E-state index contributed by atoms with van der Waals surface area (Å²) in [5.74, 6) is -1.32. The lowest BCUT2D eigenvalue weighted by atomic mass is 9.85. The van der Waals surface area contributed by atoms with Gasteiger partial charge < -0.3 is 15.4 Å². The summed E-state index contributed by atoms with van der Waals surface area (Å²) in [4.78, 5) is 13.0. The SMILES string of the molecule is Cl.O=C(NC1CNCCC1c1ccc(F)c(F)c1)C1CCOc2ccccc21. The molecule has 0 aliphatic carbocycles. The summed E-state index contributed by atoms with van der Waals surface area (Å²) >= 11 is 0. The van der Waals surface area contributed by atoms with Gasteiger partial charge in [0.1, 0.15) is 5.75 Å². The van der Waals surface area contributed by atoms with E-state index in [4.69, 9.17) is 4.74 Å². The molecule has 2 aromatic rings. The number of piperidine rings is 1. The highest BCUT2D eigenvalue weighted by Gasteiger charge is 2.33. The predicted molar refractivity (Wildman–Crippen MR) is 105 cm³/mol. The van der Waals surface area contributed by atoms with E-state index in [0.29, 0.717) is 25.1 Å². The van der Waals surface area contributed by atoms with Gasteiger partial charge in [-0.15, -0.1) is 12.4 Å². The zero-order valence-corrected chi connectivity index (χ0v) is 16.1. The second kappa shape index (κ2) is 8.88. The molecule has 0 radical (unpaired) electrons. The number of para-hydroxylation sites is 1. The molecule has 7 heteroatoms. The van der Waals surface area contributed by atoms with Gasteiger partial charge in [0.15, 0.2) is 11.6 Å². The van der Waals surface area contributed by atoms with E-state index >= 15 is 0 Å². The largest absolute Gasteiger partial charge is 0.493 e. The van der Waals surface area contributed by atoms with Gasteiger partial charge in [-0.05, 0) is 43.1 Å². The van der Waals surface area contributed by atoms with Crippen LogP contribution in [0.1, 0.15) is 35.8 Å². The molecule has 0 bridgehead atoms. The van der Waals surface area contributed by atoms with Crippen LogP contribution in [0.25, 0.3) is 0 Å². The van der Waals surface area contributed by atoms with Crippen LogP contribution in [-0.4, -0.2) is 31.6 Å². The van der Waals surface area contributed by atoms with Gasteiger partial charge >= 0.3 is 0 Å². The number of amides is 1.